The Hall–Kier alpha value is -1.34. The molecular weight excluding hydrogens is 188 g/mol. The van der Waals surface area contributed by atoms with Crippen LogP contribution in [0.1, 0.15) is 13.8 Å². The van der Waals surface area contributed by atoms with Crippen LogP contribution in [0.4, 0.5) is 0 Å². The molecule has 0 saturated carbocycles. The molecule has 0 aromatic rings. The van der Waals surface area contributed by atoms with Crippen molar-refractivity contribution in [2.45, 2.75) is 19.9 Å². The highest BCUT2D eigenvalue weighted by Crippen LogP contribution is 2.03. The Labute approximate surface area is 91.3 Å². The zero-order valence-corrected chi connectivity index (χ0v) is 9.40. The second-order valence-corrected chi connectivity index (χ2v) is 3.53. The molecule has 0 bridgehead atoms. The van der Waals surface area contributed by atoms with Crippen molar-refractivity contribution in [3.8, 4) is 6.07 Å². The minimum atomic E-state index is -0.261. The van der Waals surface area contributed by atoms with Crippen LogP contribution in [0, 0.1) is 11.3 Å². The summed E-state index contributed by atoms with van der Waals surface area (Å²) in [6.45, 7) is 7.83. The maximum absolute atomic E-state index is 8.62. The molecule has 1 saturated heterocycles. The molecule has 15 heavy (non-hydrogen) atoms. The number of nitrogens with one attached hydrogen (secondary N) is 1. The van der Waals surface area contributed by atoms with E-state index in [9.17, 15) is 0 Å². The normalized spacial score (nSPS) is 20.3. The third kappa shape index (κ3) is 3.72. The van der Waals surface area contributed by atoms with Crippen LogP contribution in [-0.4, -0.2) is 43.3 Å². The minimum Gasteiger partial charge on any atom is -0.368 e. The van der Waals surface area contributed by atoms with E-state index in [4.69, 9.17) is 5.26 Å². The summed E-state index contributed by atoms with van der Waals surface area (Å²) in [5, 5.41) is 11.9. The molecule has 0 amide bonds. The zero-order chi connectivity index (χ0) is 11.1. The maximum Gasteiger partial charge on any atom is 0.133 e. The van der Waals surface area contributed by atoms with E-state index in [0.717, 1.165) is 31.9 Å². The molecule has 0 aliphatic carbocycles. The fraction of sp³-hybridized carbons (Fsp3) is 0.636. The average Bonchev–Trinajstić information content (AvgIpc) is 2.31. The Morgan fingerprint density at radius 2 is 2.20 bits per heavy atom. The van der Waals surface area contributed by atoms with Gasteiger partial charge in [-0.2, -0.15) is 5.26 Å². The van der Waals surface area contributed by atoms with Crippen molar-refractivity contribution in [2.75, 3.05) is 26.2 Å². The van der Waals surface area contributed by atoms with E-state index in [0.29, 0.717) is 0 Å². The van der Waals surface area contributed by atoms with Crippen molar-refractivity contribution < 1.29 is 0 Å². The molecule has 0 radical (unpaired) electrons. The van der Waals surface area contributed by atoms with E-state index in [1.54, 1.807) is 13.1 Å². The lowest BCUT2D eigenvalue weighted by atomic mass is 10.3. The van der Waals surface area contributed by atoms with Crippen LogP contribution in [0.2, 0.25) is 0 Å². The predicted octanol–water partition coefficient (Wildman–Crippen LogP) is 0.778. The highest BCUT2D eigenvalue weighted by molar-refractivity contribution is 5.78. The van der Waals surface area contributed by atoms with E-state index >= 15 is 0 Å². The monoisotopic (exact) mass is 206 g/mol. The largest absolute Gasteiger partial charge is 0.368 e. The first-order valence-electron chi connectivity index (χ1n) is 5.32. The standard InChI is InChI=1S/C11H18N4/c1-3-11(9-14-10(2)8-12)15-6-4-13-5-7-15/h3,9-10,13H,4-7H2,1-2H3/b11-3+,14-9?. The predicted molar refractivity (Wildman–Crippen MR) is 61.8 cm³/mol. The molecule has 1 heterocycles. The summed E-state index contributed by atoms with van der Waals surface area (Å²) >= 11 is 0. The Morgan fingerprint density at radius 3 is 2.73 bits per heavy atom. The topological polar surface area (TPSA) is 51.4 Å². The fourth-order valence-electron chi connectivity index (χ4n) is 1.48. The number of aliphatic imine (C=N–C) groups is 1. The average molecular weight is 206 g/mol. The Bertz CT molecular complexity index is 281. The molecule has 1 aliphatic heterocycles. The number of hydrogen-bond acceptors (Lipinski definition) is 4. The van der Waals surface area contributed by atoms with Crippen molar-refractivity contribution in [2.24, 2.45) is 4.99 Å². The Morgan fingerprint density at radius 1 is 1.53 bits per heavy atom. The van der Waals surface area contributed by atoms with Crippen LogP contribution in [0.15, 0.2) is 16.8 Å². The number of hydrogen-bond donors (Lipinski definition) is 1. The number of nitriles is 1. The van der Waals surface area contributed by atoms with Gasteiger partial charge >= 0.3 is 0 Å². The molecule has 1 aliphatic rings. The molecule has 1 rings (SSSR count). The third-order valence-corrected chi connectivity index (χ3v) is 2.40. The van der Waals surface area contributed by atoms with Gasteiger partial charge < -0.3 is 10.2 Å². The van der Waals surface area contributed by atoms with Crippen molar-refractivity contribution in [3.05, 3.63) is 11.8 Å². The van der Waals surface area contributed by atoms with Gasteiger partial charge in [0, 0.05) is 32.4 Å². The van der Waals surface area contributed by atoms with Gasteiger partial charge in [-0.1, -0.05) is 6.08 Å². The summed E-state index contributed by atoms with van der Waals surface area (Å²) in [5.74, 6) is 0. The molecule has 0 aromatic carbocycles. The molecule has 1 atom stereocenters. The smallest absolute Gasteiger partial charge is 0.133 e. The number of piperazine rings is 1. The van der Waals surface area contributed by atoms with E-state index in [2.05, 4.69) is 21.3 Å². The van der Waals surface area contributed by atoms with E-state index in [-0.39, 0.29) is 6.04 Å². The number of rotatable bonds is 3. The molecule has 1 fully saturated rings. The molecule has 82 valence electrons. The summed E-state index contributed by atoms with van der Waals surface area (Å²) in [4.78, 5) is 6.45. The highest BCUT2D eigenvalue weighted by atomic mass is 15.2. The third-order valence-electron chi connectivity index (χ3n) is 2.40. The molecule has 4 heteroatoms. The van der Waals surface area contributed by atoms with Gasteiger partial charge in [0.15, 0.2) is 0 Å². The lowest BCUT2D eigenvalue weighted by Gasteiger charge is -2.29. The van der Waals surface area contributed by atoms with Gasteiger partial charge in [-0.3, -0.25) is 4.99 Å². The molecular formula is C11H18N4. The van der Waals surface area contributed by atoms with Crippen molar-refractivity contribution in [3.63, 3.8) is 0 Å². The van der Waals surface area contributed by atoms with Crippen LogP contribution in [0.5, 0.6) is 0 Å². The van der Waals surface area contributed by atoms with Crippen molar-refractivity contribution >= 4 is 6.21 Å². The van der Waals surface area contributed by atoms with Gasteiger partial charge in [-0.05, 0) is 13.8 Å². The first-order valence-corrected chi connectivity index (χ1v) is 5.32. The fourth-order valence-corrected chi connectivity index (χ4v) is 1.48. The molecule has 0 spiro atoms. The van der Waals surface area contributed by atoms with Crippen LogP contribution >= 0.6 is 0 Å². The van der Waals surface area contributed by atoms with Crippen LogP contribution in [-0.2, 0) is 0 Å². The molecule has 0 aromatic heterocycles. The van der Waals surface area contributed by atoms with E-state index in [1.165, 1.54) is 0 Å². The summed E-state index contributed by atoms with van der Waals surface area (Å²) in [6.07, 6.45) is 3.85. The summed E-state index contributed by atoms with van der Waals surface area (Å²) in [5.41, 5.74) is 1.11. The SMILES string of the molecule is C/C=C(\C=NC(C)C#N)N1CCNCC1. The summed E-state index contributed by atoms with van der Waals surface area (Å²) < 4.78 is 0. The van der Waals surface area contributed by atoms with Gasteiger partial charge in [0.05, 0.1) is 11.8 Å². The van der Waals surface area contributed by atoms with Crippen molar-refractivity contribution in [1.82, 2.24) is 10.2 Å². The quantitative estimate of drug-likeness (QED) is 0.694. The van der Waals surface area contributed by atoms with Crippen LogP contribution in [0.3, 0.4) is 0 Å². The maximum atomic E-state index is 8.62. The Balaban J connectivity index is 2.56. The zero-order valence-electron chi connectivity index (χ0n) is 9.40. The second-order valence-electron chi connectivity index (χ2n) is 3.53. The number of allylic oxidation sites excluding steroid dienone is 2. The lowest BCUT2D eigenvalue weighted by Crippen LogP contribution is -2.43. The summed E-state index contributed by atoms with van der Waals surface area (Å²) in [7, 11) is 0. The number of nitrogens with zero attached hydrogens (tertiary/aromatic N) is 3. The van der Waals surface area contributed by atoms with Gasteiger partial charge in [0.25, 0.3) is 0 Å². The van der Waals surface area contributed by atoms with Crippen LogP contribution < -0.4 is 5.32 Å². The molecule has 1 N–H and O–H groups in total. The lowest BCUT2D eigenvalue weighted by molar-refractivity contribution is 0.312. The van der Waals surface area contributed by atoms with Crippen LogP contribution in [0.25, 0.3) is 0 Å². The first-order chi connectivity index (χ1) is 7.27. The minimum absolute atomic E-state index is 0.261. The van der Waals surface area contributed by atoms with Crippen molar-refractivity contribution in [1.29, 1.82) is 5.26 Å². The highest BCUT2D eigenvalue weighted by Gasteiger charge is 2.10. The van der Waals surface area contributed by atoms with Gasteiger partial charge in [-0.15, -0.1) is 0 Å². The molecule has 4 nitrogen and oxygen atoms in total. The molecule has 1 unspecified atom stereocenters. The van der Waals surface area contributed by atoms with Gasteiger partial charge in [0.1, 0.15) is 6.04 Å². The van der Waals surface area contributed by atoms with E-state index in [1.807, 2.05) is 13.0 Å². The first kappa shape index (κ1) is 11.7. The second kappa shape index (κ2) is 6.20. The van der Waals surface area contributed by atoms with Gasteiger partial charge in [0.2, 0.25) is 0 Å². The van der Waals surface area contributed by atoms with Gasteiger partial charge in [-0.25, -0.2) is 0 Å². The van der Waals surface area contributed by atoms with E-state index < -0.39 is 0 Å². The summed E-state index contributed by atoms with van der Waals surface area (Å²) in [6, 6.07) is 1.83. The Kier molecular flexibility index (Phi) is 4.85.